The zero-order valence-corrected chi connectivity index (χ0v) is 5.77. The highest BCUT2D eigenvalue weighted by Gasteiger charge is 2.45. The van der Waals surface area contributed by atoms with Gasteiger partial charge < -0.3 is 0 Å². The van der Waals surface area contributed by atoms with Crippen molar-refractivity contribution in [3.05, 3.63) is 34.9 Å². The maximum atomic E-state index is 12.1. The second-order valence-corrected chi connectivity index (χ2v) is 2.56. The van der Waals surface area contributed by atoms with Crippen LogP contribution >= 0.6 is 0 Å². The molecule has 0 fully saturated rings. The van der Waals surface area contributed by atoms with Crippen molar-refractivity contribution in [1.29, 1.82) is 0 Å². The van der Waals surface area contributed by atoms with Crippen LogP contribution in [0.4, 0.5) is 13.2 Å². The van der Waals surface area contributed by atoms with Crippen LogP contribution in [0.1, 0.15) is 21.5 Å². The van der Waals surface area contributed by atoms with Crippen LogP contribution in [0.5, 0.6) is 0 Å². The van der Waals surface area contributed by atoms with E-state index in [1.165, 1.54) is 18.2 Å². The number of hydrogen-bond donors (Lipinski definition) is 0. The molecule has 2 bridgehead atoms. The van der Waals surface area contributed by atoms with Gasteiger partial charge in [0.1, 0.15) is 0 Å². The summed E-state index contributed by atoms with van der Waals surface area (Å²) in [6.45, 7) is 0. The average molecular weight is 172 g/mol. The van der Waals surface area contributed by atoms with Gasteiger partial charge in [-0.05, 0) is 0 Å². The fraction of sp³-hybridized carbons (Fsp3) is 0.125. The monoisotopic (exact) mass is 172 g/mol. The van der Waals surface area contributed by atoms with Crippen LogP contribution in [0, 0.1) is 0 Å². The summed E-state index contributed by atoms with van der Waals surface area (Å²) in [4.78, 5) is 10.8. The second kappa shape index (κ2) is 1.88. The summed E-state index contributed by atoms with van der Waals surface area (Å²) in [5.74, 6) is -0.496. The van der Waals surface area contributed by atoms with Crippen LogP contribution in [-0.2, 0) is 6.18 Å². The smallest absolute Gasteiger partial charge is 0.289 e. The zero-order chi connectivity index (χ0) is 8.93. The number of alkyl halides is 3. The van der Waals surface area contributed by atoms with Crippen molar-refractivity contribution in [1.82, 2.24) is 0 Å². The molecular weight excluding hydrogens is 169 g/mol. The molecule has 0 aliphatic heterocycles. The van der Waals surface area contributed by atoms with Crippen LogP contribution < -0.4 is 0 Å². The van der Waals surface area contributed by atoms with Gasteiger partial charge in [0.25, 0.3) is 0 Å². The highest BCUT2D eigenvalue weighted by molar-refractivity contribution is 6.19. The Bertz CT molecular complexity index is 341. The predicted octanol–water partition coefficient (Wildman–Crippen LogP) is 2.25. The van der Waals surface area contributed by atoms with Crippen LogP contribution in [-0.4, -0.2) is 5.78 Å². The molecule has 2 aliphatic carbocycles. The Morgan fingerprint density at radius 1 is 1.08 bits per heavy atom. The first-order valence-electron chi connectivity index (χ1n) is 3.27. The molecule has 1 aromatic carbocycles. The maximum absolute atomic E-state index is 12.1. The zero-order valence-electron chi connectivity index (χ0n) is 5.77. The first-order valence-corrected chi connectivity index (χ1v) is 3.27. The summed E-state index contributed by atoms with van der Waals surface area (Å²) in [6, 6.07) is 3.83. The van der Waals surface area contributed by atoms with E-state index in [9.17, 15) is 18.0 Å². The lowest BCUT2D eigenvalue weighted by Crippen LogP contribution is -2.26. The molecule has 0 aromatic heterocycles. The molecule has 1 nitrogen and oxygen atoms in total. The Kier molecular flexibility index (Phi) is 1.15. The molecule has 12 heavy (non-hydrogen) atoms. The lowest BCUT2D eigenvalue weighted by molar-refractivity contribution is -0.139. The molecule has 4 heteroatoms. The number of hydrogen-bond acceptors (Lipinski definition) is 1. The van der Waals surface area contributed by atoms with Gasteiger partial charge in [0.05, 0.1) is 5.56 Å². The fourth-order valence-electron chi connectivity index (χ4n) is 1.32. The van der Waals surface area contributed by atoms with Crippen LogP contribution in [0.2, 0.25) is 0 Å². The molecule has 0 radical (unpaired) electrons. The molecule has 0 spiro atoms. The molecular formula is C8H3F3O. The Morgan fingerprint density at radius 2 is 1.58 bits per heavy atom. The Hall–Kier alpha value is -1.32. The van der Waals surface area contributed by atoms with E-state index < -0.39 is 17.5 Å². The molecule has 0 saturated carbocycles. The van der Waals surface area contributed by atoms with Gasteiger partial charge in [-0.25, -0.2) is 0 Å². The number of carbonyl (C=O) groups is 1. The molecule has 3 rings (SSSR count). The minimum absolute atomic E-state index is 0.208. The van der Waals surface area contributed by atoms with E-state index in [-0.39, 0.29) is 11.1 Å². The molecule has 0 amide bonds. The van der Waals surface area contributed by atoms with Gasteiger partial charge in [0.15, 0.2) is 5.78 Å². The molecule has 0 heterocycles. The molecule has 0 unspecified atom stereocenters. The molecule has 0 atom stereocenters. The highest BCUT2D eigenvalue weighted by Crippen LogP contribution is 2.41. The molecule has 0 saturated heterocycles. The van der Waals surface area contributed by atoms with Crippen molar-refractivity contribution < 1.29 is 18.0 Å². The van der Waals surface area contributed by atoms with E-state index in [1.54, 1.807) is 0 Å². The predicted molar refractivity (Wildman–Crippen MR) is 34.9 cm³/mol. The van der Waals surface area contributed by atoms with E-state index in [2.05, 4.69) is 0 Å². The number of carbonyl (C=O) groups excluding carboxylic acids is 1. The standard InChI is InChI=1S/C8H3F3O/c9-8(10,11)6-4-2-1-3-5(6)7(4)12/h1-3H. The first kappa shape index (κ1) is 7.34. The number of rotatable bonds is 0. The lowest BCUT2D eigenvalue weighted by Gasteiger charge is -2.23. The van der Waals surface area contributed by atoms with Crippen LogP contribution in [0.3, 0.4) is 0 Å². The van der Waals surface area contributed by atoms with Gasteiger partial charge in [-0.15, -0.1) is 0 Å². The van der Waals surface area contributed by atoms with Crippen molar-refractivity contribution in [2.24, 2.45) is 0 Å². The van der Waals surface area contributed by atoms with Gasteiger partial charge in [-0.1, -0.05) is 18.2 Å². The largest absolute Gasteiger partial charge is 0.417 e. The summed E-state index contributed by atoms with van der Waals surface area (Å²) in [5, 5.41) is 0. The topological polar surface area (TPSA) is 17.1 Å². The fourth-order valence-corrected chi connectivity index (χ4v) is 1.32. The van der Waals surface area contributed by atoms with Gasteiger partial charge in [0.2, 0.25) is 0 Å². The molecule has 2 aliphatic rings. The van der Waals surface area contributed by atoms with Crippen LogP contribution in [0.15, 0.2) is 18.2 Å². The molecule has 1 aromatic rings. The van der Waals surface area contributed by atoms with Gasteiger partial charge in [-0.3, -0.25) is 4.79 Å². The van der Waals surface area contributed by atoms with Crippen molar-refractivity contribution in [2.75, 3.05) is 0 Å². The quantitative estimate of drug-likeness (QED) is 0.595. The Balaban J connectivity index is 2.62. The summed E-state index contributed by atoms with van der Waals surface area (Å²) in [7, 11) is 0. The summed E-state index contributed by atoms with van der Waals surface area (Å²) < 4.78 is 36.3. The Morgan fingerprint density at radius 3 is 1.83 bits per heavy atom. The van der Waals surface area contributed by atoms with E-state index in [1.807, 2.05) is 0 Å². The van der Waals surface area contributed by atoms with Gasteiger partial charge in [-0.2, -0.15) is 13.2 Å². The molecule has 0 N–H and O–H groups in total. The van der Waals surface area contributed by atoms with Gasteiger partial charge >= 0.3 is 6.18 Å². The minimum atomic E-state index is -4.39. The van der Waals surface area contributed by atoms with Crippen molar-refractivity contribution in [2.45, 2.75) is 6.18 Å². The van der Waals surface area contributed by atoms with Gasteiger partial charge in [0, 0.05) is 11.1 Å². The highest BCUT2D eigenvalue weighted by atomic mass is 19.4. The van der Waals surface area contributed by atoms with E-state index in [4.69, 9.17) is 0 Å². The number of halogens is 3. The van der Waals surface area contributed by atoms with Crippen molar-refractivity contribution >= 4 is 5.78 Å². The average Bonchev–Trinajstić information content (AvgIpc) is 2.01. The van der Waals surface area contributed by atoms with Crippen molar-refractivity contribution in [3.8, 4) is 0 Å². The third-order valence-electron chi connectivity index (χ3n) is 1.84. The summed E-state index contributed by atoms with van der Waals surface area (Å²) >= 11 is 0. The molecule has 62 valence electrons. The SMILES string of the molecule is O=C1c2cccc1c2C(F)(F)F. The van der Waals surface area contributed by atoms with E-state index in [0.717, 1.165) is 0 Å². The second-order valence-electron chi connectivity index (χ2n) is 2.56. The van der Waals surface area contributed by atoms with Crippen molar-refractivity contribution in [3.63, 3.8) is 0 Å². The number of benzene rings is 1. The maximum Gasteiger partial charge on any atom is 0.417 e. The van der Waals surface area contributed by atoms with E-state index in [0.29, 0.717) is 0 Å². The first-order chi connectivity index (χ1) is 5.52. The lowest BCUT2D eigenvalue weighted by atomic mass is 9.83. The number of ketones is 1. The Labute approximate surface area is 65.8 Å². The normalized spacial score (nSPS) is 14.4. The minimum Gasteiger partial charge on any atom is -0.289 e. The summed E-state index contributed by atoms with van der Waals surface area (Å²) in [6.07, 6.45) is -4.39. The van der Waals surface area contributed by atoms with E-state index >= 15 is 0 Å². The summed E-state index contributed by atoms with van der Waals surface area (Å²) in [5.41, 5.74) is -1.19. The third kappa shape index (κ3) is 0.719. The van der Waals surface area contributed by atoms with Crippen LogP contribution in [0.25, 0.3) is 0 Å². The number of fused-ring (bicyclic) bond motifs is 2. The third-order valence-corrected chi connectivity index (χ3v) is 1.84.